The Hall–Kier alpha value is -0.0800. The number of methoxy groups -OCH3 is 1. The minimum Gasteiger partial charge on any atom is -0.383 e. The van der Waals surface area contributed by atoms with Crippen LogP contribution < -0.4 is 5.32 Å². The SMILES string of the molecule is CCCC1CNC(C)(COC)C1. The molecule has 0 amide bonds. The molecule has 2 nitrogen and oxygen atoms in total. The normalized spacial score (nSPS) is 35.8. The van der Waals surface area contributed by atoms with E-state index < -0.39 is 0 Å². The van der Waals surface area contributed by atoms with Crippen LogP contribution in [0.25, 0.3) is 0 Å². The Kier molecular flexibility index (Phi) is 3.53. The lowest BCUT2D eigenvalue weighted by molar-refractivity contribution is 0.128. The molecule has 0 aliphatic carbocycles. The second kappa shape index (κ2) is 4.24. The first-order valence-corrected chi connectivity index (χ1v) is 4.94. The highest BCUT2D eigenvalue weighted by atomic mass is 16.5. The van der Waals surface area contributed by atoms with Crippen molar-refractivity contribution in [3.8, 4) is 0 Å². The molecule has 0 aromatic heterocycles. The van der Waals surface area contributed by atoms with Gasteiger partial charge in [-0.15, -0.1) is 0 Å². The molecular formula is C10H21NO. The average Bonchev–Trinajstić information content (AvgIpc) is 2.34. The number of hydrogen-bond donors (Lipinski definition) is 1. The average molecular weight is 171 g/mol. The molecule has 1 fully saturated rings. The van der Waals surface area contributed by atoms with Crippen LogP contribution in [0, 0.1) is 5.92 Å². The van der Waals surface area contributed by atoms with Crippen LogP contribution in [0.1, 0.15) is 33.1 Å². The Labute approximate surface area is 75.7 Å². The Balaban J connectivity index is 2.32. The molecule has 0 saturated carbocycles. The summed E-state index contributed by atoms with van der Waals surface area (Å²) in [5, 5.41) is 3.54. The summed E-state index contributed by atoms with van der Waals surface area (Å²) in [5.74, 6) is 0.871. The predicted octanol–water partition coefficient (Wildman–Crippen LogP) is 1.80. The van der Waals surface area contributed by atoms with Crippen LogP contribution in [0.5, 0.6) is 0 Å². The van der Waals surface area contributed by atoms with Gasteiger partial charge in [0.1, 0.15) is 0 Å². The van der Waals surface area contributed by atoms with E-state index in [-0.39, 0.29) is 5.54 Å². The third-order valence-corrected chi connectivity index (χ3v) is 2.72. The van der Waals surface area contributed by atoms with Crippen LogP contribution in [-0.4, -0.2) is 25.8 Å². The molecule has 1 heterocycles. The highest BCUT2D eigenvalue weighted by Gasteiger charge is 2.33. The fraction of sp³-hybridized carbons (Fsp3) is 1.00. The van der Waals surface area contributed by atoms with Crippen LogP contribution >= 0.6 is 0 Å². The first-order valence-electron chi connectivity index (χ1n) is 4.94. The molecule has 0 radical (unpaired) electrons. The highest BCUT2D eigenvalue weighted by molar-refractivity contribution is 4.92. The topological polar surface area (TPSA) is 21.3 Å². The third-order valence-electron chi connectivity index (χ3n) is 2.72. The van der Waals surface area contributed by atoms with Crippen molar-refractivity contribution in [2.45, 2.75) is 38.6 Å². The van der Waals surface area contributed by atoms with E-state index in [1.807, 2.05) is 0 Å². The van der Waals surface area contributed by atoms with Gasteiger partial charge >= 0.3 is 0 Å². The molecular weight excluding hydrogens is 150 g/mol. The zero-order valence-corrected chi connectivity index (χ0v) is 8.52. The second-order valence-corrected chi connectivity index (χ2v) is 4.23. The van der Waals surface area contributed by atoms with Crippen LogP contribution in [0.15, 0.2) is 0 Å². The zero-order chi connectivity index (χ0) is 9.03. The van der Waals surface area contributed by atoms with Crippen LogP contribution in [0.2, 0.25) is 0 Å². The Morgan fingerprint density at radius 2 is 2.33 bits per heavy atom. The molecule has 0 spiro atoms. The lowest BCUT2D eigenvalue weighted by Crippen LogP contribution is -2.40. The molecule has 1 rings (SSSR count). The Morgan fingerprint density at radius 1 is 1.58 bits per heavy atom. The summed E-state index contributed by atoms with van der Waals surface area (Å²) < 4.78 is 5.19. The van der Waals surface area contributed by atoms with Gasteiger partial charge < -0.3 is 10.1 Å². The number of rotatable bonds is 4. The van der Waals surface area contributed by atoms with Crippen molar-refractivity contribution < 1.29 is 4.74 Å². The van der Waals surface area contributed by atoms with Crippen molar-refractivity contribution in [3.63, 3.8) is 0 Å². The van der Waals surface area contributed by atoms with Crippen LogP contribution in [0.4, 0.5) is 0 Å². The molecule has 1 N–H and O–H groups in total. The molecule has 2 heteroatoms. The van der Waals surface area contributed by atoms with Crippen LogP contribution in [0.3, 0.4) is 0 Å². The van der Waals surface area contributed by atoms with Gasteiger partial charge in [0.25, 0.3) is 0 Å². The van der Waals surface area contributed by atoms with E-state index in [0.717, 1.165) is 12.5 Å². The monoisotopic (exact) mass is 171 g/mol. The van der Waals surface area contributed by atoms with Crippen molar-refractivity contribution in [2.24, 2.45) is 5.92 Å². The van der Waals surface area contributed by atoms with Gasteiger partial charge in [0.05, 0.1) is 6.61 Å². The lowest BCUT2D eigenvalue weighted by Gasteiger charge is -2.23. The summed E-state index contributed by atoms with van der Waals surface area (Å²) in [6, 6.07) is 0. The minimum atomic E-state index is 0.245. The number of nitrogens with one attached hydrogen (secondary N) is 1. The van der Waals surface area contributed by atoms with Crippen molar-refractivity contribution in [1.82, 2.24) is 5.32 Å². The molecule has 2 atom stereocenters. The van der Waals surface area contributed by atoms with Gasteiger partial charge in [0, 0.05) is 12.6 Å². The van der Waals surface area contributed by atoms with Gasteiger partial charge in [-0.1, -0.05) is 13.3 Å². The fourth-order valence-corrected chi connectivity index (χ4v) is 2.21. The maximum absolute atomic E-state index is 5.19. The third kappa shape index (κ3) is 2.46. The van der Waals surface area contributed by atoms with Crippen molar-refractivity contribution in [2.75, 3.05) is 20.3 Å². The predicted molar refractivity (Wildman–Crippen MR) is 51.3 cm³/mol. The van der Waals surface area contributed by atoms with Gasteiger partial charge in [-0.2, -0.15) is 0 Å². The molecule has 0 aromatic rings. The Morgan fingerprint density at radius 3 is 2.92 bits per heavy atom. The highest BCUT2D eigenvalue weighted by Crippen LogP contribution is 2.26. The van der Waals surface area contributed by atoms with E-state index in [0.29, 0.717) is 0 Å². The molecule has 1 aliphatic rings. The molecule has 0 bridgehead atoms. The first kappa shape index (κ1) is 10.0. The van der Waals surface area contributed by atoms with Crippen molar-refractivity contribution in [3.05, 3.63) is 0 Å². The summed E-state index contributed by atoms with van der Waals surface area (Å²) in [5.41, 5.74) is 0.245. The quantitative estimate of drug-likeness (QED) is 0.696. The molecule has 0 aromatic carbocycles. The summed E-state index contributed by atoms with van der Waals surface area (Å²) >= 11 is 0. The Bertz CT molecular complexity index is 138. The molecule has 72 valence electrons. The molecule has 1 aliphatic heterocycles. The van der Waals surface area contributed by atoms with E-state index in [9.17, 15) is 0 Å². The standard InChI is InChI=1S/C10H21NO/c1-4-5-9-6-10(2,8-12-3)11-7-9/h9,11H,4-8H2,1-3H3. The van der Waals surface area contributed by atoms with Gasteiger partial charge in [0.15, 0.2) is 0 Å². The molecule has 2 unspecified atom stereocenters. The van der Waals surface area contributed by atoms with E-state index >= 15 is 0 Å². The van der Waals surface area contributed by atoms with E-state index in [1.165, 1.54) is 25.8 Å². The summed E-state index contributed by atoms with van der Waals surface area (Å²) in [4.78, 5) is 0. The molecule has 1 saturated heterocycles. The van der Waals surface area contributed by atoms with Gasteiger partial charge in [-0.25, -0.2) is 0 Å². The largest absolute Gasteiger partial charge is 0.383 e. The van der Waals surface area contributed by atoms with Gasteiger partial charge in [0.2, 0.25) is 0 Å². The second-order valence-electron chi connectivity index (χ2n) is 4.23. The van der Waals surface area contributed by atoms with Gasteiger partial charge in [-0.05, 0) is 32.2 Å². The maximum Gasteiger partial charge on any atom is 0.0641 e. The zero-order valence-electron chi connectivity index (χ0n) is 8.52. The fourth-order valence-electron chi connectivity index (χ4n) is 2.21. The lowest BCUT2D eigenvalue weighted by atomic mass is 9.93. The number of hydrogen-bond acceptors (Lipinski definition) is 2. The van der Waals surface area contributed by atoms with Gasteiger partial charge in [-0.3, -0.25) is 0 Å². The van der Waals surface area contributed by atoms with E-state index in [4.69, 9.17) is 4.74 Å². The summed E-state index contributed by atoms with van der Waals surface area (Å²) in [6.45, 7) is 6.53. The maximum atomic E-state index is 5.19. The van der Waals surface area contributed by atoms with Crippen molar-refractivity contribution >= 4 is 0 Å². The van der Waals surface area contributed by atoms with Crippen LogP contribution in [-0.2, 0) is 4.74 Å². The first-order chi connectivity index (χ1) is 5.70. The summed E-state index contributed by atoms with van der Waals surface area (Å²) in [6.07, 6.45) is 3.93. The molecule has 12 heavy (non-hydrogen) atoms. The van der Waals surface area contributed by atoms with E-state index in [2.05, 4.69) is 19.2 Å². The smallest absolute Gasteiger partial charge is 0.0641 e. The van der Waals surface area contributed by atoms with Crippen molar-refractivity contribution in [1.29, 1.82) is 0 Å². The summed E-state index contributed by atoms with van der Waals surface area (Å²) in [7, 11) is 1.78. The number of ether oxygens (including phenoxy) is 1. The van der Waals surface area contributed by atoms with E-state index in [1.54, 1.807) is 7.11 Å². The minimum absolute atomic E-state index is 0.245.